The Morgan fingerprint density at radius 3 is 2.59 bits per heavy atom. The minimum absolute atomic E-state index is 0.0248. The quantitative estimate of drug-likeness (QED) is 0.173. The maximum Gasteiger partial charge on any atom is 0.266 e. The lowest BCUT2D eigenvalue weighted by molar-refractivity contribution is -0.112. The van der Waals surface area contributed by atoms with Crippen LogP contribution in [0.15, 0.2) is 54.1 Å². The zero-order valence-corrected chi connectivity index (χ0v) is 22.4. The summed E-state index contributed by atoms with van der Waals surface area (Å²) in [6.45, 7) is 4.15. The third-order valence-electron chi connectivity index (χ3n) is 5.15. The van der Waals surface area contributed by atoms with Crippen LogP contribution in [0.25, 0.3) is 6.08 Å². The van der Waals surface area contributed by atoms with Crippen molar-refractivity contribution in [2.45, 2.75) is 20.5 Å². The highest BCUT2D eigenvalue weighted by Gasteiger charge is 2.15. The fourth-order valence-electron chi connectivity index (χ4n) is 3.14. The largest absolute Gasteiger partial charge is 0.493 e. The Balaban J connectivity index is 1.83. The molecule has 8 heteroatoms. The third kappa shape index (κ3) is 6.23. The normalized spacial score (nSPS) is 11.0. The molecule has 3 rings (SSSR count). The molecule has 3 aromatic rings. The molecule has 0 aliphatic carbocycles. The highest BCUT2D eigenvalue weighted by Crippen LogP contribution is 2.35. The van der Waals surface area contributed by atoms with Gasteiger partial charge in [-0.2, -0.15) is 5.26 Å². The van der Waals surface area contributed by atoms with Crippen LogP contribution in [0.4, 0.5) is 5.69 Å². The minimum Gasteiger partial charge on any atom is -0.493 e. The molecule has 0 saturated carbocycles. The van der Waals surface area contributed by atoms with Gasteiger partial charge in [0.25, 0.3) is 5.91 Å². The lowest BCUT2D eigenvalue weighted by Gasteiger charge is -2.14. The van der Waals surface area contributed by atoms with Gasteiger partial charge in [0.2, 0.25) is 0 Å². The summed E-state index contributed by atoms with van der Waals surface area (Å²) < 4.78 is 12.2. The molecule has 0 heterocycles. The molecule has 0 unspecified atom stereocenters. The topological polar surface area (TPSA) is 71.3 Å². The zero-order chi connectivity index (χ0) is 24.8. The molecule has 0 atom stereocenters. The van der Waals surface area contributed by atoms with Gasteiger partial charge < -0.3 is 14.8 Å². The minimum atomic E-state index is -0.481. The third-order valence-corrected chi connectivity index (χ3v) is 6.69. The summed E-state index contributed by atoms with van der Waals surface area (Å²) in [6.07, 6.45) is 1.52. The van der Waals surface area contributed by atoms with Crippen molar-refractivity contribution in [1.82, 2.24) is 0 Å². The monoisotopic (exact) mass is 606 g/mol. The van der Waals surface area contributed by atoms with Crippen molar-refractivity contribution in [3.63, 3.8) is 0 Å². The number of nitrogens with zero attached hydrogens (tertiary/aromatic N) is 1. The van der Waals surface area contributed by atoms with E-state index < -0.39 is 5.91 Å². The van der Waals surface area contributed by atoms with E-state index in [4.69, 9.17) is 32.7 Å². The lowest BCUT2D eigenvalue weighted by Crippen LogP contribution is -2.14. The molecule has 0 spiro atoms. The summed E-state index contributed by atoms with van der Waals surface area (Å²) in [6, 6.07) is 16.4. The van der Waals surface area contributed by atoms with Crippen LogP contribution in [0.1, 0.15) is 22.3 Å². The molecular formula is C26H21Cl2IN2O3. The Labute approximate surface area is 222 Å². The first-order chi connectivity index (χ1) is 16.2. The number of anilines is 1. The molecule has 0 radical (unpaired) electrons. The highest BCUT2D eigenvalue weighted by molar-refractivity contribution is 14.1. The van der Waals surface area contributed by atoms with Gasteiger partial charge in [0.1, 0.15) is 18.2 Å². The van der Waals surface area contributed by atoms with Crippen LogP contribution in [0.3, 0.4) is 0 Å². The number of halogens is 3. The second kappa shape index (κ2) is 11.6. The molecule has 1 amide bonds. The summed E-state index contributed by atoms with van der Waals surface area (Å²) in [4.78, 5) is 12.7. The van der Waals surface area contributed by atoms with Crippen molar-refractivity contribution in [3.8, 4) is 17.6 Å². The smallest absolute Gasteiger partial charge is 0.266 e. The number of nitriles is 1. The number of ether oxygens (including phenoxy) is 2. The Kier molecular flexibility index (Phi) is 8.84. The molecular weight excluding hydrogens is 586 g/mol. The predicted octanol–water partition coefficient (Wildman–Crippen LogP) is 7.35. The van der Waals surface area contributed by atoms with Crippen LogP contribution in [0, 0.1) is 28.7 Å². The van der Waals surface area contributed by atoms with Crippen LogP contribution in [0.2, 0.25) is 10.0 Å². The first kappa shape index (κ1) is 25.9. The summed E-state index contributed by atoms with van der Waals surface area (Å²) in [5, 5.41) is 13.3. The van der Waals surface area contributed by atoms with Crippen molar-refractivity contribution >= 4 is 63.5 Å². The number of carbonyl (C=O) groups excluding carboxylic acids is 1. The van der Waals surface area contributed by atoms with Crippen molar-refractivity contribution in [2.75, 3.05) is 12.4 Å². The Morgan fingerprint density at radius 2 is 1.91 bits per heavy atom. The first-order valence-corrected chi connectivity index (χ1v) is 12.0. The number of aryl methyl sites for hydroxylation is 1. The second-order valence-corrected chi connectivity index (χ2v) is 9.42. The Morgan fingerprint density at radius 1 is 1.15 bits per heavy atom. The van der Waals surface area contributed by atoms with Gasteiger partial charge in [-0.15, -0.1) is 0 Å². The van der Waals surface area contributed by atoms with Gasteiger partial charge in [0.05, 0.1) is 20.7 Å². The van der Waals surface area contributed by atoms with Crippen LogP contribution >= 0.6 is 45.8 Å². The fourth-order valence-corrected chi connectivity index (χ4v) is 4.24. The van der Waals surface area contributed by atoms with Gasteiger partial charge >= 0.3 is 0 Å². The summed E-state index contributed by atoms with van der Waals surface area (Å²) in [5.74, 6) is 0.542. The molecule has 5 nitrogen and oxygen atoms in total. The Hall–Kier alpha value is -2.73. The Bertz CT molecular complexity index is 1320. The molecule has 0 aromatic heterocycles. The van der Waals surface area contributed by atoms with E-state index in [2.05, 4.69) is 27.9 Å². The van der Waals surface area contributed by atoms with E-state index in [0.717, 1.165) is 20.3 Å². The number of hydrogen-bond acceptors (Lipinski definition) is 4. The van der Waals surface area contributed by atoms with Crippen molar-refractivity contribution in [2.24, 2.45) is 0 Å². The summed E-state index contributed by atoms with van der Waals surface area (Å²) >= 11 is 14.2. The molecule has 0 aliphatic rings. The van der Waals surface area contributed by atoms with E-state index in [1.165, 1.54) is 13.2 Å². The first-order valence-electron chi connectivity index (χ1n) is 10.2. The SMILES string of the molecule is COc1cc(/C=C(\C#N)C(=O)Nc2cccc(C)c2C)cc(I)c1OCc1ccc(Cl)c(Cl)c1. The molecule has 1 N–H and O–H groups in total. The van der Waals surface area contributed by atoms with Crippen LogP contribution in [-0.4, -0.2) is 13.0 Å². The molecule has 0 bridgehead atoms. The number of carbonyl (C=O) groups is 1. The van der Waals surface area contributed by atoms with Gasteiger partial charge in [0.15, 0.2) is 11.5 Å². The zero-order valence-electron chi connectivity index (χ0n) is 18.7. The molecule has 3 aromatic carbocycles. The molecule has 34 heavy (non-hydrogen) atoms. The lowest BCUT2D eigenvalue weighted by atomic mass is 10.1. The van der Waals surface area contributed by atoms with E-state index in [1.807, 2.05) is 44.2 Å². The molecule has 0 aliphatic heterocycles. The molecule has 174 valence electrons. The van der Waals surface area contributed by atoms with Crippen LogP contribution < -0.4 is 14.8 Å². The van der Waals surface area contributed by atoms with E-state index in [-0.39, 0.29) is 12.2 Å². The van der Waals surface area contributed by atoms with E-state index in [0.29, 0.717) is 32.8 Å². The van der Waals surface area contributed by atoms with E-state index >= 15 is 0 Å². The van der Waals surface area contributed by atoms with E-state index in [1.54, 1.807) is 24.3 Å². The maximum absolute atomic E-state index is 12.7. The molecule has 0 saturated heterocycles. The second-order valence-electron chi connectivity index (χ2n) is 7.44. The van der Waals surface area contributed by atoms with Crippen molar-refractivity contribution in [1.29, 1.82) is 5.26 Å². The summed E-state index contributed by atoms with van der Waals surface area (Å²) in [7, 11) is 1.53. The van der Waals surface area contributed by atoms with Gasteiger partial charge in [-0.3, -0.25) is 4.79 Å². The number of benzene rings is 3. The average molecular weight is 607 g/mol. The number of amides is 1. The van der Waals surface area contributed by atoms with Crippen LogP contribution in [0.5, 0.6) is 11.5 Å². The summed E-state index contributed by atoms with van der Waals surface area (Å²) in [5.41, 5.74) is 4.14. The standard InChI is InChI=1S/C26H21Cl2IN2O3/c1-15-5-4-6-23(16(15)2)31-26(32)19(13-30)9-18-11-22(29)25(24(12-18)33-3)34-14-17-7-8-20(27)21(28)10-17/h4-12H,14H2,1-3H3,(H,31,32)/b19-9+. The van der Waals surface area contributed by atoms with Gasteiger partial charge in [-0.25, -0.2) is 0 Å². The van der Waals surface area contributed by atoms with Crippen LogP contribution in [-0.2, 0) is 11.4 Å². The molecule has 0 fully saturated rings. The van der Waals surface area contributed by atoms with Crippen molar-refractivity contribution in [3.05, 3.63) is 90.0 Å². The number of nitrogens with one attached hydrogen (secondary N) is 1. The van der Waals surface area contributed by atoms with E-state index in [9.17, 15) is 10.1 Å². The fraction of sp³-hybridized carbons (Fsp3) is 0.154. The predicted molar refractivity (Wildman–Crippen MR) is 145 cm³/mol. The number of rotatable bonds is 7. The highest BCUT2D eigenvalue weighted by atomic mass is 127. The number of hydrogen-bond donors (Lipinski definition) is 1. The number of methoxy groups -OCH3 is 1. The van der Waals surface area contributed by atoms with Gasteiger partial charge in [0, 0.05) is 5.69 Å². The van der Waals surface area contributed by atoms with Gasteiger partial charge in [-0.1, -0.05) is 41.4 Å². The average Bonchev–Trinajstić information content (AvgIpc) is 2.81. The van der Waals surface area contributed by atoms with Gasteiger partial charge in [-0.05, 0) is 95.1 Å². The maximum atomic E-state index is 12.7. The van der Waals surface area contributed by atoms with Crippen molar-refractivity contribution < 1.29 is 14.3 Å².